The molecule has 0 atom stereocenters. The molecule has 4 heteroatoms. The summed E-state index contributed by atoms with van der Waals surface area (Å²) in [5, 5.41) is 0. The molecule has 0 aliphatic rings. The van der Waals surface area contributed by atoms with E-state index in [4.69, 9.17) is 15.2 Å². The summed E-state index contributed by atoms with van der Waals surface area (Å²) in [4.78, 5) is 11.1. The molecule has 0 spiro atoms. The van der Waals surface area contributed by atoms with E-state index in [1.165, 1.54) is 6.08 Å². The summed E-state index contributed by atoms with van der Waals surface area (Å²) in [6.07, 6.45) is 2.99. The van der Waals surface area contributed by atoms with Crippen LogP contribution in [0.5, 0.6) is 5.75 Å². The van der Waals surface area contributed by atoms with Crippen molar-refractivity contribution in [1.29, 1.82) is 0 Å². The topological polar surface area (TPSA) is 61.5 Å². The van der Waals surface area contributed by atoms with E-state index in [0.717, 1.165) is 5.56 Å². The molecule has 2 N–H and O–H groups in total. The largest absolute Gasteiger partial charge is 0.496 e. The molecule has 0 bridgehead atoms. The summed E-state index contributed by atoms with van der Waals surface area (Å²) in [6.45, 7) is 2.12. The number of esters is 1. The van der Waals surface area contributed by atoms with E-state index in [-0.39, 0.29) is 5.97 Å². The van der Waals surface area contributed by atoms with Crippen LogP contribution in [0.4, 0.5) is 5.69 Å². The van der Waals surface area contributed by atoms with Gasteiger partial charge in [0.25, 0.3) is 0 Å². The molecule has 1 aromatic rings. The van der Waals surface area contributed by atoms with Gasteiger partial charge in [-0.05, 0) is 25.1 Å². The van der Waals surface area contributed by atoms with Crippen LogP contribution in [0.15, 0.2) is 24.3 Å². The second-order valence-corrected chi connectivity index (χ2v) is 3.09. The first-order valence-corrected chi connectivity index (χ1v) is 4.95. The quantitative estimate of drug-likeness (QED) is 0.479. The number of methoxy groups -OCH3 is 1. The lowest BCUT2D eigenvalue weighted by Gasteiger charge is -2.05. The molecule has 86 valence electrons. The zero-order valence-corrected chi connectivity index (χ0v) is 9.40. The summed E-state index contributed by atoms with van der Waals surface area (Å²) >= 11 is 0. The molecule has 0 aliphatic heterocycles. The summed E-state index contributed by atoms with van der Waals surface area (Å²) in [7, 11) is 1.55. The number of nitrogens with two attached hydrogens (primary N) is 1. The van der Waals surface area contributed by atoms with Crippen LogP contribution >= 0.6 is 0 Å². The number of nitrogen functional groups attached to an aromatic ring is 1. The highest BCUT2D eigenvalue weighted by Gasteiger charge is 2.01. The Morgan fingerprint density at radius 2 is 2.25 bits per heavy atom. The molecule has 0 saturated carbocycles. The molecule has 0 heterocycles. The molecule has 1 aromatic carbocycles. The highest BCUT2D eigenvalue weighted by atomic mass is 16.5. The van der Waals surface area contributed by atoms with Crippen molar-refractivity contribution in [2.24, 2.45) is 0 Å². The molecule has 0 saturated heterocycles. The minimum Gasteiger partial charge on any atom is -0.496 e. The molecular weight excluding hydrogens is 206 g/mol. The zero-order valence-electron chi connectivity index (χ0n) is 9.40. The maximum Gasteiger partial charge on any atom is 0.330 e. The van der Waals surface area contributed by atoms with Crippen molar-refractivity contribution >= 4 is 17.7 Å². The Bertz CT molecular complexity index is 399. The number of rotatable bonds is 4. The van der Waals surface area contributed by atoms with Crippen LogP contribution in [-0.2, 0) is 9.53 Å². The van der Waals surface area contributed by atoms with Gasteiger partial charge in [0.1, 0.15) is 5.75 Å². The van der Waals surface area contributed by atoms with Crippen molar-refractivity contribution in [2.75, 3.05) is 19.5 Å². The van der Waals surface area contributed by atoms with Crippen LogP contribution in [0.25, 0.3) is 6.08 Å². The van der Waals surface area contributed by atoms with Gasteiger partial charge >= 0.3 is 5.97 Å². The SMILES string of the molecule is CCOC(=O)C=Cc1ccc(N)cc1OC. The molecule has 0 aromatic heterocycles. The predicted octanol–water partition coefficient (Wildman–Crippen LogP) is 1.85. The van der Waals surface area contributed by atoms with Crippen molar-refractivity contribution in [3.63, 3.8) is 0 Å². The highest BCUT2D eigenvalue weighted by Crippen LogP contribution is 2.22. The second kappa shape index (κ2) is 5.80. The lowest BCUT2D eigenvalue weighted by Crippen LogP contribution is -1.99. The number of hydrogen-bond acceptors (Lipinski definition) is 4. The minimum absolute atomic E-state index is 0.363. The normalized spacial score (nSPS) is 10.4. The van der Waals surface area contributed by atoms with E-state index >= 15 is 0 Å². The number of benzene rings is 1. The van der Waals surface area contributed by atoms with Crippen LogP contribution in [0.1, 0.15) is 12.5 Å². The Kier molecular flexibility index (Phi) is 4.39. The standard InChI is InChI=1S/C12H15NO3/c1-3-16-12(14)7-5-9-4-6-10(13)8-11(9)15-2/h4-8H,3,13H2,1-2H3. The Hall–Kier alpha value is -1.97. The van der Waals surface area contributed by atoms with Crippen LogP contribution in [0.2, 0.25) is 0 Å². The van der Waals surface area contributed by atoms with E-state index in [0.29, 0.717) is 18.0 Å². The Labute approximate surface area is 94.7 Å². The summed E-state index contributed by atoms with van der Waals surface area (Å²) in [6, 6.07) is 5.22. The number of ether oxygens (including phenoxy) is 2. The molecule has 0 aliphatic carbocycles. The van der Waals surface area contributed by atoms with Gasteiger partial charge in [0.2, 0.25) is 0 Å². The van der Waals surface area contributed by atoms with Crippen molar-refractivity contribution in [1.82, 2.24) is 0 Å². The van der Waals surface area contributed by atoms with E-state index in [9.17, 15) is 4.79 Å². The first-order valence-electron chi connectivity index (χ1n) is 4.95. The van der Waals surface area contributed by atoms with E-state index in [1.807, 2.05) is 0 Å². The zero-order chi connectivity index (χ0) is 12.0. The first kappa shape index (κ1) is 12.1. The van der Waals surface area contributed by atoms with Crippen LogP contribution in [-0.4, -0.2) is 19.7 Å². The number of carbonyl (C=O) groups is 1. The third-order valence-electron chi connectivity index (χ3n) is 1.94. The Balaban J connectivity index is 2.84. The number of carbonyl (C=O) groups excluding carboxylic acids is 1. The van der Waals surface area contributed by atoms with Gasteiger partial charge in [-0.15, -0.1) is 0 Å². The molecule has 1 rings (SSSR count). The van der Waals surface area contributed by atoms with Crippen LogP contribution in [0, 0.1) is 0 Å². The van der Waals surface area contributed by atoms with Gasteiger partial charge < -0.3 is 15.2 Å². The van der Waals surface area contributed by atoms with Gasteiger partial charge in [-0.1, -0.05) is 0 Å². The fourth-order valence-corrected chi connectivity index (χ4v) is 1.21. The minimum atomic E-state index is -0.374. The first-order chi connectivity index (χ1) is 7.67. The molecule has 0 fully saturated rings. The summed E-state index contributed by atoms with van der Waals surface area (Å²) in [5.41, 5.74) is 7.01. The van der Waals surface area contributed by atoms with Gasteiger partial charge in [-0.3, -0.25) is 0 Å². The van der Waals surface area contributed by atoms with Gasteiger partial charge in [0, 0.05) is 23.4 Å². The lowest BCUT2D eigenvalue weighted by molar-refractivity contribution is -0.137. The van der Waals surface area contributed by atoms with Crippen LogP contribution < -0.4 is 10.5 Å². The van der Waals surface area contributed by atoms with Gasteiger partial charge in [-0.2, -0.15) is 0 Å². The smallest absolute Gasteiger partial charge is 0.330 e. The van der Waals surface area contributed by atoms with Gasteiger partial charge in [-0.25, -0.2) is 4.79 Å². The highest BCUT2D eigenvalue weighted by molar-refractivity contribution is 5.87. The molecular formula is C12H15NO3. The fraction of sp³-hybridized carbons (Fsp3) is 0.250. The van der Waals surface area contributed by atoms with Gasteiger partial charge in [0.15, 0.2) is 0 Å². The molecule has 0 unspecified atom stereocenters. The molecule has 0 amide bonds. The summed E-state index contributed by atoms with van der Waals surface area (Å²) in [5.74, 6) is 0.252. The molecule has 4 nitrogen and oxygen atoms in total. The fourth-order valence-electron chi connectivity index (χ4n) is 1.21. The molecule has 0 radical (unpaired) electrons. The third-order valence-corrected chi connectivity index (χ3v) is 1.94. The maximum atomic E-state index is 11.1. The maximum absolute atomic E-state index is 11.1. The Morgan fingerprint density at radius 1 is 1.50 bits per heavy atom. The van der Waals surface area contributed by atoms with Crippen molar-refractivity contribution < 1.29 is 14.3 Å². The monoisotopic (exact) mass is 221 g/mol. The lowest BCUT2D eigenvalue weighted by atomic mass is 10.1. The van der Waals surface area contributed by atoms with Crippen molar-refractivity contribution in [3.8, 4) is 5.75 Å². The predicted molar refractivity (Wildman–Crippen MR) is 63.1 cm³/mol. The Morgan fingerprint density at radius 3 is 2.88 bits per heavy atom. The number of hydrogen-bond donors (Lipinski definition) is 1. The van der Waals surface area contributed by atoms with Crippen molar-refractivity contribution in [2.45, 2.75) is 6.92 Å². The van der Waals surface area contributed by atoms with E-state index in [2.05, 4.69) is 0 Å². The third kappa shape index (κ3) is 3.31. The second-order valence-electron chi connectivity index (χ2n) is 3.09. The van der Waals surface area contributed by atoms with E-state index < -0.39 is 0 Å². The van der Waals surface area contributed by atoms with Crippen LogP contribution in [0.3, 0.4) is 0 Å². The van der Waals surface area contributed by atoms with E-state index in [1.54, 1.807) is 38.3 Å². The average molecular weight is 221 g/mol. The summed E-state index contributed by atoms with van der Waals surface area (Å²) < 4.78 is 9.90. The van der Waals surface area contributed by atoms with Crippen molar-refractivity contribution in [3.05, 3.63) is 29.8 Å². The van der Waals surface area contributed by atoms with Gasteiger partial charge in [0.05, 0.1) is 13.7 Å². The molecule has 16 heavy (non-hydrogen) atoms. The average Bonchev–Trinajstić information content (AvgIpc) is 2.27. The number of anilines is 1.